The van der Waals surface area contributed by atoms with Crippen LogP contribution in [-0.4, -0.2) is 61.6 Å². The minimum atomic E-state index is -5.88. The maximum Gasteiger partial charge on any atom is 3.00 e. The molecule has 0 atom stereocenters. The summed E-state index contributed by atoms with van der Waals surface area (Å²) in [6, 6.07) is 0. The van der Waals surface area contributed by atoms with Crippen molar-refractivity contribution in [3.63, 3.8) is 0 Å². The first-order valence-electron chi connectivity index (χ1n) is 0.730. The fourth-order valence-corrected chi connectivity index (χ4v) is 0. The van der Waals surface area contributed by atoms with Crippen molar-refractivity contribution in [2.75, 3.05) is 0 Å². The van der Waals surface area contributed by atoms with Gasteiger partial charge in [-0.1, -0.05) is 0 Å². The van der Waals surface area contributed by atoms with Crippen molar-refractivity contribution >= 4 is 61.6 Å². The van der Waals surface area contributed by atoms with Gasteiger partial charge in [0, 0.05) is 0 Å². The largest absolute Gasteiger partial charge is 3.00 e. The molecule has 0 spiro atoms. The summed E-state index contributed by atoms with van der Waals surface area (Å²) in [5.74, 6) is 0. The molecule has 0 aromatic carbocycles. The van der Waals surface area contributed by atoms with Crippen LogP contribution in [-0.2, 0) is 3.74 Å². The molecule has 0 fully saturated rings. The van der Waals surface area contributed by atoms with E-state index in [1.54, 1.807) is 0 Å². The molecule has 4 nitrogen and oxygen atoms in total. The molecule has 0 unspecified atom stereocenters. The first kappa shape index (κ1) is 15.9. The summed E-state index contributed by atoms with van der Waals surface area (Å²) < 4.78 is 34.4. The summed E-state index contributed by atoms with van der Waals surface area (Å²) >= 11 is -5.88. The van der Waals surface area contributed by atoms with E-state index in [1.165, 1.54) is 0 Å². The Bertz CT molecular complexity index is 57.8. The van der Waals surface area contributed by atoms with E-state index >= 15 is 0 Å². The van der Waals surface area contributed by atoms with Crippen molar-refractivity contribution in [1.82, 2.24) is 0 Å². The van der Waals surface area contributed by atoms with Gasteiger partial charge in [0.2, 0.25) is 0 Å². The number of hydrogen-bond acceptors (Lipinski definition) is 4. The van der Waals surface area contributed by atoms with Gasteiger partial charge in [0.1, 0.15) is 0 Å². The van der Waals surface area contributed by atoms with Gasteiger partial charge in [0.25, 0.3) is 0 Å². The van der Waals surface area contributed by atoms with Crippen LogP contribution in [0.2, 0.25) is 0 Å². The Morgan fingerprint density at radius 2 is 1.14 bits per heavy atom. The Morgan fingerprint density at radius 1 is 1.14 bits per heavy atom. The Morgan fingerprint density at radius 3 is 1.14 bits per heavy atom. The summed E-state index contributed by atoms with van der Waals surface area (Å²) in [6.45, 7) is 0. The summed E-state index contributed by atoms with van der Waals surface area (Å²) in [7, 11) is 0. The van der Waals surface area contributed by atoms with Crippen LogP contribution < -0.4 is 12.3 Å². The van der Waals surface area contributed by atoms with E-state index in [4.69, 9.17) is 16.0 Å². The van der Waals surface area contributed by atoms with Gasteiger partial charge in [-0.2, -0.15) is 0 Å². The Kier molecular flexibility index (Phi) is 13.5. The van der Waals surface area contributed by atoms with Crippen molar-refractivity contribution in [2.24, 2.45) is 0 Å². The average molecular weight is 416 g/mol. The van der Waals surface area contributed by atoms with Crippen molar-refractivity contribution in [1.29, 1.82) is 0 Å². The van der Waals surface area contributed by atoms with E-state index in [2.05, 4.69) is 0 Å². The Hall–Kier alpha value is 1.80. The zero-order valence-corrected chi connectivity index (χ0v) is 11.3. The molecule has 0 bridgehead atoms. The van der Waals surface area contributed by atoms with Crippen LogP contribution in [0.15, 0.2) is 0 Å². The monoisotopic (exact) mass is 416 g/mol. The zero-order valence-electron chi connectivity index (χ0n) is 3.16. The van der Waals surface area contributed by atoms with Crippen LogP contribution in [0.1, 0.15) is 0 Å². The third-order valence-electron chi connectivity index (χ3n) is 0. The maximum absolute atomic E-state index is 8.61. The molecular weight excluding hydrogens is 416 g/mol. The molecule has 0 aliphatic rings. The molecule has 0 rings (SSSR count). The van der Waals surface area contributed by atoms with Gasteiger partial charge in [-0.05, 0) is 0 Å². The molecule has 0 heterocycles. The van der Waals surface area contributed by atoms with Crippen LogP contribution in [0.5, 0.6) is 0 Å². The molecule has 0 aliphatic heterocycles. The third kappa shape index (κ3) is 81.1. The normalized spacial score (nSPS) is 8.43. The molecule has 0 saturated heterocycles. The molecule has 2 radical (unpaired) electrons. The second-order valence-electron chi connectivity index (χ2n) is 0.447. The molecule has 0 aromatic rings. The SMILES string of the molecule is O=[As]([O-])([O-])[O-].[Ga+3].[Pb+2]. The summed E-state index contributed by atoms with van der Waals surface area (Å²) in [5.41, 5.74) is 0. The molecule has 7 heavy (non-hydrogen) atoms. The number of rotatable bonds is 0. The maximum atomic E-state index is 8.61. The van der Waals surface area contributed by atoms with Crippen molar-refractivity contribution in [2.45, 2.75) is 0 Å². The van der Waals surface area contributed by atoms with Crippen LogP contribution >= 0.6 is 0 Å². The average Bonchev–Trinajstić information content (AvgIpc) is 0.722. The standard InChI is InChI=1S/AsH3O4.Ga.Pb/c2-1(3,4)5;;/h(H3,2,3,4,5);;/q;+3;+2/p-3. The van der Waals surface area contributed by atoms with Crippen LogP contribution in [0.4, 0.5) is 0 Å². The van der Waals surface area contributed by atoms with Gasteiger partial charge in [-0.3, -0.25) is 0 Å². The van der Waals surface area contributed by atoms with Gasteiger partial charge in [0.05, 0.1) is 0 Å². The van der Waals surface area contributed by atoms with Gasteiger partial charge in [0.15, 0.2) is 0 Å². The molecule has 0 saturated carbocycles. The van der Waals surface area contributed by atoms with E-state index in [1.807, 2.05) is 0 Å². The molecule has 0 aliphatic carbocycles. The third-order valence-corrected chi connectivity index (χ3v) is 0. The molecule has 7 heteroatoms. The van der Waals surface area contributed by atoms with E-state index in [9.17, 15) is 0 Å². The van der Waals surface area contributed by atoms with Crippen LogP contribution in [0, 0.1) is 0 Å². The van der Waals surface area contributed by atoms with Crippen molar-refractivity contribution in [3.8, 4) is 0 Å². The molecule has 0 aromatic heterocycles. The van der Waals surface area contributed by atoms with Crippen LogP contribution in [0.3, 0.4) is 0 Å². The summed E-state index contributed by atoms with van der Waals surface area (Å²) in [5, 5.41) is 0. The van der Waals surface area contributed by atoms with Gasteiger partial charge in [-0.15, -0.1) is 0 Å². The predicted molar refractivity (Wildman–Crippen MR) is 17.9 cm³/mol. The Labute approximate surface area is 76.9 Å². The first-order valence-corrected chi connectivity index (χ1v) is 3.79. The number of hydrogen-bond donors (Lipinski definition) is 0. The second kappa shape index (κ2) is 5.93. The minimum Gasteiger partial charge on any atom is 2.00 e. The molecule has 0 amide bonds. The van der Waals surface area contributed by atoms with Crippen LogP contribution in [0.25, 0.3) is 0 Å². The van der Waals surface area contributed by atoms with E-state index < -0.39 is 14.5 Å². The summed E-state index contributed by atoms with van der Waals surface area (Å²) in [6.07, 6.45) is 0. The van der Waals surface area contributed by atoms with Gasteiger partial charge < -0.3 is 0 Å². The summed E-state index contributed by atoms with van der Waals surface area (Å²) in [4.78, 5) is 0. The minimum absolute atomic E-state index is 0. The van der Waals surface area contributed by atoms with Crippen molar-refractivity contribution < 1.29 is 16.0 Å². The Balaban J connectivity index is -0.0000000800. The van der Waals surface area contributed by atoms with E-state index in [0.29, 0.717) is 0 Å². The second-order valence-corrected chi connectivity index (χ2v) is 2.32. The first-order chi connectivity index (χ1) is 2.00. The fourth-order valence-electron chi connectivity index (χ4n) is 0. The van der Waals surface area contributed by atoms with Crippen molar-refractivity contribution in [3.05, 3.63) is 0 Å². The molecule has 0 N–H and O–H groups in total. The zero-order chi connectivity index (χ0) is 4.50. The molecular formula is AsGaO4Pb+2. The topological polar surface area (TPSA) is 86.2 Å². The van der Waals surface area contributed by atoms with E-state index in [0.717, 1.165) is 0 Å². The predicted octanol–water partition coefficient (Wildman–Crippen LogP) is -4.83. The quantitative estimate of drug-likeness (QED) is 0.371. The van der Waals surface area contributed by atoms with Gasteiger partial charge >= 0.3 is 77.6 Å². The van der Waals surface area contributed by atoms with Gasteiger partial charge in [-0.25, -0.2) is 0 Å². The smallest absolute Gasteiger partial charge is 2.00 e. The molecule has 34 valence electrons. The van der Waals surface area contributed by atoms with E-state index in [-0.39, 0.29) is 47.1 Å². The fraction of sp³-hybridized carbons (Fsp3) is 0.